The highest BCUT2D eigenvalue weighted by atomic mass is 16.4. The first-order chi connectivity index (χ1) is 5.51. The molecule has 1 fully saturated rings. The second-order valence-corrected chi connectivity index (χ2v) is 3.30. The van der Waals surface area contributed by atoms with E-state index < -0.39 is 30.5 Å². The van der Waals surface area contributed by atoms with Gasteiger partial charge in [0.2, 0.25) is 0 Å². The second-order valence-electron chi connectivity index (χ2n) is 3.30. The molecule has 0 amide bonds. The van der Waals surface area contributed by atoms with Gasteiger partial charge in [0.25, 0.3) is 0 Å². The standard InChI is InChI=1S/C7H14O5/c8-3-7(12)2-1-4(9)5(10)6(7)11/h4-6,8-12H,1-3H2/t4-,5-,6+,7+/m1/s1. The Morgan fingerprint density at radius 2 is 1.83 bits per heavy atom. The Hall–Kier alpha value is -0.200. The molecule has 5 heteroatoms. The average molecular weight is 178 g/mol. The van der Waals surface area contributed by atoms with Gasteiger partial charge in [-0.15, -0.1) is 0 Å². The molecule has 1 rings (SSSR count). The van der Waals surface area contributed by atoms with E-state index in [0.29, 0.717) is 0 Å². The summed E-state index contributed by atoms with van der Waals surface area (Å²) in [6.07, 6.45) is -3.62. The molecule has 0 spiro atoms. The van der Waals surface area contributed by atoms with Crippen molar-refractivity contribution in [1.82, 2.24) is 0 Å². The van der Waals surface area contributed by atoms with Gasteiger partial charge in [0.15, 0.2) is 0 Å². The van der Waals surface area contributed by atoms with Gasteiger partial charge in [-0.2, -0.15) is 0 Å². The van der Waals surface area contributed by atoms with Gasteiger partial charge in [0.1, 0.15) is 17.8 Å². The zero-order chi connectivity index (χ0) is 9.35. The number of aliphatic hydroxyl groups excluding tert-OH is 4. The Balaban J connectivity index is 2.71. The van der Waals surface area contributed by atoms with Crippen LogP contribution in [0.5, 0.6) is 0 Å². The Morgan fingerprint density at radius 3 is 2.33 bits per heavy atom. The summed E-state index contributed by atoms with van der Waals surface area (Å²) in [4.78, 5) is 0. The van der Waals surface area contributed by atoms with Crippen LogP contribution in [0.1, 0.15) is 12.8 Å². The molecular weight excluding hydrogens is 164 g/mol. The molecule has 0 aromatic heterocycles. The minimum Gasteiger partial charge on any atom is -0.393 e. The topological polar surface area (TPSA) is 101 Å². The van der Waals surface area contributed by atoms with Crippen molar-refractivity contribution in [2.24, 2.45) is 0 Å². The maximum absolute atomic E-state index is 9.47. The smallest absolute Gasteiger partial charge is 0.116 e. The Labute approximate surface area is 69.9 Å². The highest BCUT2D eigenvalue weighted by Gasteiger charge is 2.46. The molecule has 0 bridgehead atoms. The lowest BCUT2D eigenvalue weighted by Gasteiger charge is -2.40. The SMILES string of the molecule is OC[C@@]1(O)CC[C@@H](O)[C@@H](O)[C@@H]1O. The van der Waals surface area contributed by atoms with E-state index in [1.807, 2.05) is 0 Å². The number of hydrogen-bond acceptors (Lipinski definition) is 5. The minimum atomic E-state index is -1.67. The van der Waals surface area contributed by atoms with Crippen molar-refractivity contribution in [2.75, 3.05) is 6.61 Å². The first-order valence-corrected chi connectivity index (χ1v) is 3.89. The lowest BCUT2D eigenvalue weighted by atomic mass is 9.79. The lowest BCUT2D eigenvalue weighted by molar-refractivity contribution is -0.197. The first-order valence-electron chi connectivity index (χ1n) is 3.89. The third-order valence-corrected chi connectivity index (χ3v) is 2.42. The zero-order valence-corrected chi connectivity index (χ0v) is 6.59. The molecule has 0 aliphatic heterocycles. The molecule has 0 unspecified atom stereocenters. The van der Waals surface area contributed by atoms with Crippen LogP contribution in [0, 0.1) is 0 Å². The van der Waals surface area contributed by atoms with Crippen LogP contribution in [0.15, 0.2) is 0 Å². The van der Waals surface area contributed by atoms with Crippen LogP contribution in [-0.4, -0.2) is 56.1 Å². The van der Waals surface area contributed by atoms with E-state index in [9.17, 15) is 10.2 Å². The van der Waals surface area contributed by atoms with Gasteiger partial charge in [0, 0.05) is 0 Å². The van der Waals surface area contributed by atoms with E-state index in [1.54, 1.807) is 0 Å². The van der Waals surface area contributed by atoms with Crippen LogP contribution in [0.3, 0.4) is 0 Å². The van der Waals surface area contributed by atoms with E-state index in [4.69, 9.17) is 15.3 Å². The molecule has 0 radical (unpaired) electrons. The monoisotopic (exact) mass is 178 g/mol. The Kier molecular flexibility index (Phi) is 2.70. The summed E-state index contributed by atoms with van der Waals surface area (Å²) in [6.45, 7) is -0.613. The summed E-state index contributed by atoms with van der Waals surface area (Å²) in [5, 5.41) is 45.6. The third-order valence-electron chi connectivity index (χ3n) is 2.42. The number of aliphatic hydroxyl groups is 5. The van der Waals surface area contributed by atoms with Gasteiger partial charge < -0.3 is 25.5 Å². The number of rotatable bonds is 1. The molecule has 0 aromatic carbocycles. The van der Waals surface area contributed by atoms with Gasteiger partial charge in [-0.3, -0.25) is 0 Å². The molecule has 4 atom stereocenters. The van der Waals surface area contributed by atoms with E-state index in [1.165, 1.54) is 0 Å². The molecule has 1 saturated carbocycles. The van der Waals surface area contributed by atoms with Crippen LogP contribution in [-0.2, 0) is 0 Å². The normalized spacial score (nSPS) is 49.2. The van der Waals surface area contributed by atoms with Gasteiger partial charge in [-0.05, 0) is 12.8 Å². The highest BCUT2D eigenvalue weighted by Crippen LogP contribution is 2.28. The summed E-state index contributed by atoms with van der Waals surface area (Å²) < 4.78 is 0. The lowest BCUT2D eigenvalue weighted by Crippen LogP contribution is -2.59. The van der Waals surface area contributed by atoms with Crippen molar-refractivity contribution in [2.45, 2.75) is 36.8 Å². The molecule has 0 heterocycles. The molecule has 72 valence electrons. The Morgan fingerprint density at radius 1 is 1.25 bits per heavy atom. The van der Waals surface area contributed by atoms with E-state index >= 15 is 0 Å². The van der Waals surface area contributed by atoms with Crippen molar-refractivity contribution in [3.63, 3.8) is 0 Å². The third kappa shape index (κ3) is 1.46. The molecule has 12 heavy (non-hydrogen) atoms. The number of hydrogen-bond donors (Lipinski definition) is 5. The zero-order valence-electron chi connectivity index (χ0n) is 6.59. The van der Waals surface area contributed by atoms with Gasteiger partial charge in [-0.1, -0.05) is 0 Å². The van der Waals surface area contributed by atoms with Crippen LogP contribution in [0.2, 0.25) is 0 Å². The van der Waals surface area contributed by atoms with Crippen LogP contribution >= 0.6 is 0 Å². The van der Waals surface area contributed by atoms with Crippen molar-refractivity contribution >= 4 is 0 Å². The van der Waals surface area contributed by atoms with Crippen molar-refractivity contribution < 1.29 is 25.5 Å². The van der Waals surface area contributed by atoms with E-state index in [2.05, 4.69) is 0 Å². The van der Waals surface area contributed by atoms with E-state index in [0.717, 1.165) is 0 Å². The van der Waals surface area contributed by atoms with Gasteiger partial charge in [0.05, 0.1) is 12.7 Å². The van der Waals surface area contributed by atoms with Gasteiger partial charge in [-0.25, -0.2) is 0 Å². The predicted molar refractivity (Wildman–Crippen MR) is 39.3 cm³/mol. The Bertz CT molecular complexity index is 162. The minimum absolute atomic E-state index is 0.0862. The van der Waals surface area contributed by atoms with Crippen LogP contribution < -0.4 is 0 Å². The van der Waals surface area contributed by atoms with E-state index in [-0.39, 0.29) is 12.8 Å². The summed E-state index contributed by atoms with van der Waals surface area (Å²) in [5.41, 5.74) is -1.67. The average Bonchev–Trinajstić information content (AvgIpc) is 2.09. The fourth-order valence-electron chi connectivity index (χ4n) is 1.42. The molecule has 5 N–H and O–H groups in total. The largest absolute Gasteiger partial charge is 0.393 e. The summed E-state index contributed by atoms with van der Waals surface area (Å²) in [7, 11) is 0. The van der Waals surface area contributed by atoms with Crippen LogP contribution in [0.25, 0.3) is 0 Å². The molecule has 0 saturated heterocycles. The molecule has 0 aromatic rings. The predicted octanol–water partition coefficient (Wildman–Crippen LogP) is -2.41. The van der Waals surface area contributed by atoms with Gasteiger partial charge >= 0.3 is 0 Å². The quantitative estimate of drug-likeness (QED) is 0.308. The summed E-state index contributed by atoms with van der Waals surface area (Å²) >= 11 is 0. The second kappa shape index (κ2) is 3.27. The fraction of sp³-hybridized carbons (Fsp3) is 1.00. The maximum atomic E-state index is 9.47. The van der Waals surface area contributed by atoms with Crippen molar-refractivity contribution in [3.05, 3.63) is 0 Å². The van der Waals surface area contributed by atoms with Crippen molar-refractivity contribution in [3.8, 4) is 0 Å². The fourth-order valence-corrected chi connectivity index (χ4v) is 1.42. The maximum Gasteiger partial charge on any atom is 0.116 e. The van der Waals surface area contributed by atoms with Crippen LogP contribution in [0.4, 0.5) is 0 Å². The van der Waals surface area contributed by atoms with Crippen molar-refractivity contribution in [1.29, 1.82) is 0 Å². The first kappa shape index (κ1) is 9.88. The molecule has 1 aliphatic rings. The highest BCUT2D eigenvalue weighted by molar-refractivity contribution is 4.97. The summed E-state index contributed by atoms with van der Waals surface area (Å²) in [6, 6.07) is 0. The molecule has 1 aliphatic carbocycles. The molecular formula is C7H14O5. The summed E-state index contributed by atoms with van der Waals surface area (Å²) in [5.74, 6) is 0. The molecule has 5 nitrogen and oxygen atoms in total.